The third-order valence-corrected chi connectivity index (χ3v) is 6.33. The van der Waals surface area contributed by atoms with Crippen molar-refractivity contribution in [3.05, 3.63) is 65.7 Å². The van der Waals surface area contributed by atoms with Crippen molar-refractivity contribution in [2.24, 2.45) is 0 Å². The number of carbonyl (C=O) groups is 4. The molecule has 1 heterocycles. The summed E-state index contributed by atoms with van der Waals surface area (Å²) >= 11 is 0. The number of rotatable bonds is 10. The standard InChI is InChI=1S/C30H39N3O6/c1-5-6-15-24-16-17-25(28(36)39-30(2,3)4)33(24)26(34)19-31-29(37)32-23-14-10-13-22(18-23)27(35)38-20-21-11-8-7-9-12-21/h7-14,18,24-25H,5-6,15-17,19-20H2,1-4H3,(H2,31,32,37)/t24-,25-/m0/s1. The van der Waals surface area contributed by atoms with Crippen LogP contribution >= 0.6 is 0 Å². The van der Waals surface area contributed by atoms with Gasteiger partial charge in [0.05, 0.1) is 12.1 Å². The van der Waals surface area contributed by atoms with Crippen LogP contribution in [-0.4, -0.2) is 53.0 Å². The highest BCUT2D eigenvalue weighted by Gasteiger charge is 2.42. The van der Waals surface area contributed by atoms with E-state index in [2.05, 4.69) is 17.6 Å². The van der Waals surface area contributed by atoms with E-state index in [-0.39, 0.29) is 30.7 Å². The number of likely N-dealkylation sites (tertiary alicyclic amines) is 1. The topological polar surface area (TPSA) is 114 Å². The zero-order valence-corrected chi connectivity index (χ0v) is 23.2. The molecule has 1 saturated heterocycles. The lowest BCUT2D eigenvalue weighted by molar-refractivity contribution is -0.164. The van der Waals surface area contributed by atoms with E-state index in [1.54, 1.807) is 43.9 Å². The van der Waals surface area contributed by atoms with Crippen LogP contribution in [0.5, 0.6) is 0 Å². The Kier molecular flexibility index (Phi) is 10.5. The molecule has 210 valence electrons. The maximum Gasteiger partial charge on any atom is 0.338 e. The number of hydrogen-bond acceptors (Lipinski definition) is 6. The molecule has 3 amide bonds. The third-order valence-electron chi connectivity index (χ3n) is 6.33. The number of unbranched alkanes of at least 4 members (excludes halogenated alkanes) is 1. The maximum atomic E-state index is 13.2. The van der Waals surface area contributed by atoms with Crippen molar-refractivity contribution in [2.45, 2.75) is 84.1 Å². The zero-order valence-electron chi connectivity index (χ0n) is 23.2. The van der Waals surface area contributed by atoms with Gasteiger partial charge in [0.25, 0.3) is 0 Å². The average Bonchev–Trinajstić information content (AvgIpc) is 3.33. The van der Waals surface area contributed by atoms with Crippen molar-refractivity contribution < 1.29 is 28.7 Å². The van der Waals surface area contributed by atoms with E-state index in [4.69, 9.17) is 9.47 Å². The van der Waals surface area contributed by atoms with Crippen LogP contribution in [0.1, 0.15) is 75.7 Å². The predicted octanol–water partition coefficient (Wildman–Crippen LogP) is 5.06. The van der Waals surface area contributed by atoms with E-state index < -0.39 is 29.6 Å². The normalized spacial score (nSPS) is 16.9. The summed E-state index contributed by atoms with van der Waals surface area (Å²) in [7, 11) is 0. The summed E-state index contributed by atoms with van der Waals surface area (Å²) in [6.45, 7) is 7.34. The number of ether oxygens (including phenoxy) is 2. The van der Waals surface area contributed by atoms with Gasteiger partial charge >= 0.3 is 18.0 Å². The molecule has 39 heavy (non-hydrogen) atoms. The number of benzene rings is 2. The summed E-state index contributed by atoms with van der Waals surface area (Å²) in [5.41, 5.74) is 0.875. The van der Waals surface area contributed by atoms with Crippen LogP contribution in [0, 0.1) is 0 Å². The summed E-state index contributed by atoms with van der Waals surface area (Å²) in [6.07, 6.45) is 3.97. The summed E-state index contributed by atoms with van der Waals surface area (Å²) in [5.74, 6) is -1.27. The van der Waals surface area contributed by atoms with E-state index in [1.165, 1.54) is 6.07 Å². The minimum atomic E-state index is -0.665. The molecule has 2 aromatic rings. The van der Waals surface area contributed by atoms with Gasteiger partial charge in [-0.1, -0.05) is 56.2 Å². The SMILES string of the molecule is CCCC[C@H]1CC[C@@H](C(=O)OC(C)(C)C)N1C(=O)CNC(=O)Nc1cccc(C(=O)OCc2ccccc2)c1. The van der Waals surface area contributed by atoms with Crippen LogP contribution < -0.4 is 10.6 Å². The Morgan fingerprint density at radius 2 is 1.74 bits per heavy atom. The lowest BCUT2D eigenvalue weighted by Crippen LogP contribution is -2.50. The first-order valence-electron chi connectivity index (χ1n) is 13.5. The van der Waals surface area contributed by atoms with Gasteiger partial charge in [0.15, 0.2) is 0 Å². The molecule has 0 unspecified atom stereocenters. The zero-order chi connectivity index (χ0) is 28.4. The molecular weight excluding hydrogens is 498 g/mol. The summed E-state index contributed by atoms with van der Waals surface area (Å²) < 4.78 is 10.9. The molecule has 0 aliphatic carbocycles. The van der Waals surface area contributed by atoms with Crippen molar-refractivity contribution in [1.29, 1.82) is 0 Å². The van der Waals surface area contributed by atoms with Gasteiger partial charge in [0, 0.05) is 11.7 Å². The monoisotopic (exact) mass is 537 g/mol. The molecule has 9 nitrogen and oxygen atoms in total. The van der Waals surface area contributed by atoms with Crippen LogP contribution in [0.4, 0.5) is 10.5 Å². The molecule has 1 fully saturated rings. The summed E-state index contributed by atoms with van der Waals surface area (Å²) in [6, 6.07) is 14.4. The summed E-state index contributed by atoms with van der Waals surface area (Å²) in [5, 5.41) is 5.23. The molecule has 0 spiro atoms. The Morgan fingerprint density at radius 3 is 2.44 bits per heavy atom. The maximum absolute atomic E-state index is 13.2. The fourth-order valence-corrected chi connectivity index (χ4v) is 4.54. The average molecular weight is 538 g/mol. The Hall–Kier alpha value is -3.88. The largest absolute Gasteiger partial charge is 0.458 e. The van der Waals surface area contributed by atoms with Crippen molar-refractivity contribution in [3.63, 3.8) is 0 Å². The second-order valence-electron chi connectivity index (χ2n) is 10.7. The van der Waals surface area contributed by atoms with Crippen LogP contribution in [0.2, 0.25) is 0 Å². The minimum absolute atomic E-state index is 0.0709. The van der Waals surface area contributed by atoms with Crippen LogP contribution in [0.15, 0.2) is 54.6 Å². The van der Waals surface area contributed by atoms with E-state index in [0.29, 0.717) is 12.1 Å². The Bertz CT molecular complexity index is 1140. The number of nitrogens with one attached hydrogen (secondary N) is 2. The molecule has 1 aliphatic rings. The number of hydrogen-bond donors (Lipinski definition) is 2. The van der Waals surface area contributed by atoms with E-state index >= 15 is 0 Å². The summed E-state index contributed by atoms with van der Waals surface area (Å²) in [4.78, 5) is 52.7. The first-order valence-corrected chi connectivity index (χ1v) is 13.5. The lowest BCUT2D eigenvalue weighted by atomic mass is 10.1. The molecule has 9 heteroatoms. The van der Waals surface area contributed by atoms with Crippen LogP contribution in [-0.2, 0) is 25.7 Å². The Morgan fingerprint density at radius 1 is 1.00 bits per heavy atom. The van der Waals surface area contributed by atoms with Crippen molar-refractivity contribution in [1.82, 2.24) is 10.2 Å². The third kappa shape index (κ3) is 9.12. The highest BCUT2D eigenvalue weighted by atomic mass is 16.6. The van der Waals surface area contributed by atoms with Crippen molar-refractivity contribution >= 4 is 29.6 Å². The molecule has 0 saturated carbocycles. The smallest absolute Gasteiger partial charge is 0.338 e. The second kappa shape index (κ2) is 13.8. The first kappa shape index (κ1) is 29.7. The lowest BCUT2D eigenvalue weighted by Gasteiger charge is -2.31. The molecule has 1 aliphatic heterocycles. The van der Waals surface area contributed by atoms with Gasteiger partial charge in [-0.05, 0) is 63.8 Å². The van der Waals surface area contributed by atoms with Gasteiger partial charge in [-0.25, -0.2) is 14.4 Å². The van der Waals surface area contributed by atoms with Gasteiger partial charge < -0.3 is 25.0 Å². The molecule has 2 N–H and O–H groups in total. The predicted molar refractivity (Wildman–Crippen MR) is 148 cm³/mol. The fraction of sp³-hybridized carbons (Fsp3) is 0.467. The quantitative estimate of drug-likeness (QED) is 0.410. The minimum Gasteiger partial charge on any atom is -0.458 e. The Balaban J connectivity index is 1.57. The number of anilines is 1. The highest BCUT2D eigenvalue weighted by molar-refractivity contribution is 5.95. The molecule has 2 aromatic carbocycles. The van der Waals surface area contributed by atoms with Gasteiger partial charge in [0.2, 0.25) is 5.91 Å². The molecule has 3 rings (SSSR count). The van der Waals surface area contributed by atoms with E-state index in [9.17, 15) is 19.2 Å². The number of amides is 3. The number of esters is 2. The van der Waals surface area contributed by atoms with Gasteiger partial charge in [-0.2, -0.15) is 0 Å². The number of nitrogens with zero attached hydrogens (tertiary/aromatic N) is 1. The van der Waals surface area contributed by atoms with Gasteiger partial charge in [0.1, 0.15) is 18.2 Å². The molecular formula is C30H39N3O6. The Labute approximate surface area is 230 Å². The van der Waals surface area contributed by atoms with Gasteiger partial charge in [-0.15, -0.1) is 0 Å². The molecule has 0 radical (unpaired) electrons. The van der Waals surface area contributed by atoms with Crippen LogP contribution in [0.3, 0.4) is 0 Å². The molecule has 0 aromatic heterocycles. The molecule has 0 bridgehead atoms. The number of urea groups is 1. The van der Waals surface area contributed by atoms with E-state index in [0.717, 1.165) is 31.2 Å². The highest BCUT2D eigenvalue weighted by Crippen LogP contribution is 2.29. The molecule has 2 atom stereocenters. The second-order valence-corrected chi connectivity index (χ2v) is 10.7. The fourth-order valence-electron chi connectivity index (χ4n) is 4.54. The first-order chi connectivity index (χ1) is 18.6. The number of carbonyl (C=O) groups excluding carboxylic acids is 4. The van der Waals surface area contributed by atoms with Crippen LogP contribution in [0.25, 0.3) is 0 Å². The van der Waals surface area contributed by atoms with Gasteiger partial charge in [-0.3, -0.25) is 4.79 Å². The van der Waals surface area contributed by atoms with Crippen molar-refractivity contribution in [2.75, 3.05) is 11.9 Å². The van der Waals surface area contributed by atoms with Crippen molar-refractivity contribution in [3.8, 4) is 0 Å². The van der Waals surface area contributed by atoms with E-state index in [1.807, 2.05) is 30.3 Å².